The van der Waals surface area contributed by atoms with Crippen LogP contribution in [0, 0.1) is 0 Å². The SMILES string of the molecule is CN(c1cccc2ccccc12)C(C)(C)CCO. The van der Waals surface area contributed by atoms with Crippen LogP contribution in [0.2, 0.25) is 0 Å². The lowest BCUT2D eigenvalue weighted by Crippen LogP contribution is -2.42. The van der Waals surface area contributed by atoms with Crippen molar-refractivity contribution in [3.8, 4) is 0 Å². The van der Waals surface area contributed by atoms with Gasteiger partial charge < -0.3 is 10.0 Å². The standard InChI is InChI=1S/C16H21NO/c1-16(2,11-12-18)17(3)15-10-6-8-13-7-4-5-9-14(13)15/h4-10,18H,11-12H2,1-3H3. The van der Waals surface area contributed by atoms with Gasteiger partial charge in [-0.1, -0.05) is 36.4 Å². The van der Waals surface area contributed by atoms with E-state index >= 15 is 0 Å². The van der Waals surface area contributed by atoms with Crippen molar-refractivity contribution in [2.45, 2.75) is 25.8 Å². The fraction of sp³-hybridized carbons (Fsp3) is 0.375. The maximum absolute atomic E-state index is 9.18. The van der Waals surface area contributed by atoms with E-state index in [-0.39, 0.29) is 12.1 Å². The Hall–Kier alpha value is -1.54. The summed E-state index contributed by atoms with van der Waals surface area (Å²) in [5.74, 6) is 0. The number of hydrogen-bond donors (Lipinski definition) is 1. The third-order valence-electron chi connectivity index (χ3n) is 3.76. The van der Waals surface area contributed by atoms with Crippen molar-refractivity contribution in [2.24, 2.45) is 0 Å². The summed E-state index contributed by atoms with van der Waals surface area (Å²) in [6.07, 6.45) is 0.757. The van der Waals surface area contributed by atoms with Crippen molar-refractivity contribution >= 4 is 16.5 Å². The Morgan fingerprint density at radius 2 is 1.72 bits per heavy atom. The van der Waals surface area contributed by atoms with Crippen molar-refractivity contribution in [1.29, 1.82) is 0 Å². The van der Waals surface area contributed by atoms with Crippen molar-refractivity contribution in [1.82, 2.24) is 0 Å². The van der Waals surface area contributed by atoms with Crippen LogP contribution in [0.1, 0.15) is 20.3 Å². The summed E-state index contributed by atoms with van der Waals surface area (Å²) in [5, 5.41) is 11.7. The number of anilines is 1. The van der Waals surface area contributed by atoms with Crippen LogP contribution in [0.5, 0.6) is 0 Å². The monoisotopic (exact) mass is 243 g/mol. The summed E-state index contributed by atoms with van der Waals surface area (Å²) in [6.45, 7) is 4.53. The molecule has 0 radical (unpaired) electrons. The predicted octanol–water partition coefficient (Wildman–Crippen LogP) is 3.44. The minimum Gasteiger partial charge on any atom is -0.396 e. The van der Waals surface area contributed by atoms with Crippen LogP contribution in [0.4, 0.5) is 5.69 Å². The Kier molecular flexibility index (Phi) is 3.58. The van der Waals surface area contributed by atoms with Crippen molar-refractivity contribution in [3.63, 3.8) is 0 Å². The molecule has 0 saturated heterocycles. The van der Waals surface area contributed by atoms with Gasteiger partial charge in [0.2, 0.25) is 0 Å². The molecule has 0 bridgehead atoms. The molecule has 0 amide bonds. The van der Waals surface area contributed by atoms with Crippen LogP contribution < -0.4 is 4.90 Å². The maximum atomic E-state index is 9.18. The summed E-state index contributed by atoms with van der Waals surface area (Å²) in [6, 6.07) is 14.8. The van der Waals surface area contributed by atoms with Gasteiger partial charge in [-0.05, 0) is 31.7 Å². The Bertz CT molecular complexity index is 528. The average Bonchev–Trinajstić information content (AvgIpc) is 2.37. The van der Waals surface area contributed by atoms with Gasteiger partial charge in [-0.3, -0.25) is 0 Å². The van der Waals surface area contributed by atoms with Gasteiger partial charge >= 0.3 is 0 Å². The van der Waals surface area contributed by atoms with Gasteiger partial charge in [0.15, 0.2) is 0 Å². The number of hydrogen-bond acceptors (Lipinski definition) is 2. The zero-order chi connectivity index (χ0) is 13.2. The smallest absolute Gasteiger partial charge is 0.0453 e. The average molecular weight is 243 g/mol. The van der Waals surface area contributed by atoms with E-state index in [4.69, 9.17) is 0 Å². The highest BCUT2D eigenvalue weighted by molar-refractivity contribution is 5.94. The van der Waals surface area contributed by atoms with E-state index in [9.17, 15) is 5.11 Å². The maximum Gasteiger partial charge on any atom is 0.0453 e. The second-order valence-corrected chi connectivity index (χ2v) is 5.34. The van der Waals surface area contributed by atoms with Crippen LogP contribution in [-0.2, 0) is 0 Å². The number of rotatable bonds is 4. The Balaban J connectivity index is 2.48. The zero-order valence-corrected chi connectivity index (χ0v) is 11.4. The molecule has 1 N–H and O–H groups in total. The molecule has 0 aliphatic heterocycles. The van der Waals surface area contributed by atoms with Gasteiger partial charge in [-0.15, -0.1) is 0 Å². The van der Waals surface area contributed by atoms with E-state index < -0.39 is 0 Å². The highest BCUT2D eigenvalue weighted by atomic mass is 16.3. The lowest BCUT2D eigenvalue weighted by molar-refractivity contribution is 0.250. The minimum absolute atomic E-state index is 0.0567. The first-order chi connectivity index (χ1) is 8.56. The molecular weight excluding hydrogens is 222 g/mol. The van der Waals surface area contributed by atoms with E-state index in [1.54, 1.807) is 0 Å². The molecule has 0 spiro atoms. The molecule has 0 heterocycles. The van der Waals surface area contributed by atoms with Crippen molar-refractivity contribution < 1.29 is 5.11 Å². The molecule has 96 valence electrons. The largest absolute Gasteiger partial charge is 0.396 e. The first kappa shape index (κ1) is 12.9. The van der Waals surface area contributed by atoms with Gasteiger partial charge in [-0.2, -0.15) is 0 Å². The molecule has 2 aromatic rings. The molecule has 0 atom stereocenters. The molecule has 2 aromatic carbocycles. The molecular formula is C16H21NO. The summed E-state index contributed by atoms with van der Waals surface area (Å²) >= 11 is 0. The fourth-order valence-corrected chi connectivity index (χ4v) is 2.27. The molecule has 2 heteroatoms. The Morgan fingerprint density at radius 1 is 1.06 bits per heavy atom. The summed E-state index contributed by atoms with van der Waals surface area (Å²) in [5.41, 5.74) is 1.16. The highest BCUT2D eigenvalue weighted by Crippen LogP contribution is 2.31. The fourth-order valence-electron chi connectivity index (χ4n) is 2.27. The first-order valence-corrected chi connectivity index (χ1v) is 6.39. The van der Waals surface area contributed by atoms with Gasteiger partial charge in [-0.25, -0.2) is 0 Å². The minimum atomic E-state index is -0.0567. The molecule has 0 unspecified atom stereocenters. The van der Waals surface area contributed by atoms with Crippen LogP contribution in [0.25, 0.3) is 10.8 Å². The lowest BCUT2D eigenvalue weighted by Gasteiger charge is -2.38. The van der Waals surface area contributed by atoms with Crippen LogP contribution >= 0.6 is 0 Å². The summed E-state index contributed by atoms with van der Waals surface area (Å²) in [4.78, 5) is 2.26. The first-order valence-electron chi connectivity index (χ1n) is 6.39. The number of aliphatic hydroxyl groups excluding tert-OH is 1. The zero-order valence-electron chi connectivity index (χ0n) is 11.4. The molecule has 0 aliphatic carbocycles. The summed E-state index contributed by atoms with van der Waals surface area (Å²) in [7, 11) is 2.09. The van der Waals surface area contributed by atoms with Gasteiger partial charge in [0.05, 0.1) is 0 Å². The molecule has 2 rings (SSSR count). The van der Waals surface area contributed by atoms with Crippen molar-refractivity contribution in [2.75, 3.05) is 18.6 Å². The third kappa shape index (κ3) is 2.34. The van der Waals surface area contributed by atoms with E-state index in [0.29, 0.717) is 0 Å². The van der Waals surface area contributed by atoms with Gasteiger partial charge in [0.25, 0.3) is 0 Å². The number of benzene rings is 2. The van der Waals surface area contributed by atoms with E-state index in [1.165, 1.54) is 16.5 Å². The third-order valence-corrected chi connectivity index (χ3v) is 3.76. The molecule has 0 aromatic heterocycles. The summed E-state index contributed by atoms with van der Waals surface area (Å²) < 4.78 is 0. The normalized spacial score (nSPS) is 11.8. The predicted molar refractivity (Wildman–Crippen MR) is 78.1 cm³/mol. The van der Waals surface area contributed by atoms with Crippen LogP contribution in [0.3, 0.4) is 0 Å². The number of fused-ring (bicyclic) bond motifs is 1. The number of aliphatic hydroxyl groups is 1. The Labute approximate surface area is 109 Å². The van der Waals surface area contributed by atoms with Crippen LogP contribution in [-0.4, -0.2) is 24.3 Å². The van der Waals surface area contributed by atoms with Gasteiger partial charge in [0, 0.05) is 30.3 Å². The molecule has 18 heavy (non-hydrogen) atoms. The molecule has 0 saturated carbocycles. The van der Waals surface area contributed by atoms with Crippen LogP contribution in [0.15, 0.2) is 42.5 Å². The molecule has 2 nitrogen and oxygen atoms in total. The Morgan fingerprint density at radius 3 is 2.44 bits per heavy atom. The molecule has 0 aliphatic rings. The van der Waals surface area contributed by atoms with E-state index in [1.807, 2.05) is 0 Å². The van der Waals surface area contributed by atoms with Crippen molar-refractivity contribution in [3.05, 3.63) is 42.5 Å². The highest BCUT2D eigenvalue weighted by Gasteiger charge is 2.24. The van der Waals surface area contributed by atoms with E-state index in [0.717, 1.165) is 6.42 Å². The second kappa shape index (κ2) is 4.99. The second-order valence-electron chi connectivity index (χ2n) is 5.34. The number of nitrogens with zero attached hydrogens (tertiary/aromatic N) is 1. The van der Waals surface area contributed by atoms with E-state index in [2.05, 4.69) is 68.3 Å². The molecule has 0 fully saturated rings. The topological polar surface area (TPSA) is 23.5 Å². The quantitative estimate of drug-likeness (QED) is 0.889. The van der Waals surface area contributed by atoms with Gasteiger partial charge in [0.1, 0.15) is 0 Å². The lowest BCUT2D eigenvalue weighted by atomic mass is 9.97.